The zero-order chi connectivity index (χ0) is 19.2. The van der Waals surface area contributed by atoms with Gasteiger partial charge in [-0.25, -0.2) is 0 Å². The van der Waals surface area contributed by atoms with Crippen LogP contribution in [0.15, 0.2) is 24.3 Å². The number of hydrogen-bond donors (Lipinski definition) is 1. The van der Waals surface area contributed by atoms with Crippen LogP contribution in [0.2, 0.25) is 0 Å². The van der Waals surface area contributed by atoms with Crippen molar-refractivity contribution in [3.8, 4) is 34.5 Å². The van der Waals surface area contributed by atoms with Crippen LogP contribution in [0.1, 0.15) is 30.4 Å². The van der Waals surface area contributed by atoms with Crippen LogP contribution in [-0.2, 0) is 0 Å². The van der Waals surface area contributed by atoms with Crippen molar-refractivity contribution in [1.29, 1.82) is 0 Å². The third kappa shape index (κ3) is 2.98. The Morgan fingerprint density at radius 2 is 1.56 bits per heavy atom. The van der Waals surface area contributed by atoms with Crippen molar-refractivity contribution < 1.29 is 33.5 Å². The minimum Gasteiger partial charge on any atom is -0.496 e. The van der Waals surface area contributed by atoms with Crippen LogP contribution in [0.4, 0.5) is 0 Å². The SMILES string of the molecule is COc1cc(OC)c(C2CC(C)(O)Oc3cc4c(cc32)OCO4)c(OC)c1. The lowest BCUT2D eigenvalue weighted by atomic mass is 9.82. The van der Waals surface area contributed by atoms with E-state index in [1.165, 1.54) is 0 Å². The maximum atomic E-state index is 10.7. The van der Waals surface area contributed by atoms with Gasteiger partial charge >= 0.3 is 0 Å². The van der Waals surface area contributed by atoms with E-state index in [9.17, 15) is 5.11 Å². The van der Waals surface area contributed by atoms with Gasteiger partial charge in [-0.15, -0.1) is 0 Å². The average molecular weight is 374 g/mol. The number of methoxy groups -OCH3 is 3. The highest BCUT2D eigenvalue weighted by Crippen LogP contribution is 2.52. The van der Waals surface area contributed by atoms with Crippen molar-refractivity contribution in [3.63, 3.8) is 0 Å². The van der Waals surface area contributed by atoms with Crippen LogP contribution in [0, 0.1) is 0 Å². The maximum absolute atomic E-state index is 10.7. The average Bonchev–Trinajstić information content (AvgIpc) is 3.11. The van der Waals surface area contributed by atoms with E-state index in [-0.39, 0.29) is 12.7 Å². The van der Waals surface area contributed by atoms with Gasteiger partial charge in [0.1, 0.15) is 23.0 Å². The van der Waals surface area contributed by atoms with E-state index in [4.69, 9.17) is 28.4 Å². The van der Waals surface area contributed by atoms with Crippen molar-refractivity contribution in [3.05, 3.63) is 35.4 Å². The fourth-order valence-electron chi connectivity index (χ4n) is 3.70. The fraction of sp³-hybridized carbons (Fsp3) is 0.400. The molecule has 0 amide bonds. The molecule has 1 N–H and O–H groups in total. The Balaban J connectivity index is 1.92. The molecule has 0 spiro atoms. The summed E-state index contributed by atoms with van der Waals surface area (Å²) >= 11 is 0. The number of rotatable bonds is 4. The van der Waals surface area contributed by atoms with Gasteiger partial charge in [0.05, 0.1) is 21.3 Å². The summed E-state index contributed by atoms with van der Waals surface area (Å²) in [5.41, 5.74) is 1.68. The Morgan fingerprint density at radius 3 is 2.15 bits per heavy atom. The van der Waals surface area contributed by atoms with E-state index in [0.717, 1.165) is 11.1 Å². The van der Waals surface area contributed by atoms with Crippen LogP contribution >= 0.6 is 0 Å². The molecule has 0 aromatic heterocycles. The lowest BCUT2D eigenvalue weighted by Gasteiger charge is -2.37. The van der Waals surface area contributed by atoms with Crippen LogP contribution in [0.5, 0.6) is 34.5 Å². The molecule has 7 nitrogen and oxygen atoms in total. The largest absolute Gasteiger partial charge is 0.496 e. The molecule has 0 radical (unpaired) electrons. The lowest BCUT2D eigenvalue weighted by Crippen LogP contribution is -2.38. The molecule has 27 heavy (non-hydrogen) atoms. The number of hydrogen-bond acceptors (Lipinski definition) is 7. The Bertz CT molecular complexity index is 850. The number of aliphatic hydroxyl groups is 1. The number of benzene rings is 2. The third-order valence-corrected chi connectivity index (χ3v) is 4.89. The van der Waals surface area contributed by atoms with Gasteiger partial charge in [0, 0.05) is 48.6 Å². The normalized spacial score (nSPS) is 22.6. The van der Waals surface area contributed by atoms with Gasteiger partial charge in [-0.05, 0) is 6.07 Å². The molecule has 0 fully saturated rings. The summed E-state index contributed by atoms with van der Waals surface area (Å²) in [5, 5.41) is 10.7. The van der Waals surface area contributed by atoms with Gasteiger partial charge in [-0.3, -0.25) is 0 Å². The highest BCUT2D eigenvalue weighted by Gasteiger charge is 2.40. The van der Waals surface area contributed by atoms with E-state index in [2.05, 4.69) is 0 Å². The Hall–Kier alpha value is -2.80. The molecule has 2 aliphatic rings. The third-order valence-electron chi connectivity index (χ3n) is 4.89. The molecule has 144 valence electrons. The first-order chi connectivity index (χ1) is 13.0. The lowest BCUT2D eigenvalue weighted by molar-refractivity contribution is -0.137. The molecular weight excluding hydrogens is 352 g/mol. The highest BCUT2D eigenvalue weighted by atomic mass is 16.7. The molecule has 7 heteroatoms. The van der Waals surface area contributed by atoms with Crippen LogP contribution in [0.25, 0.3) is 0 Å². The molecular formula is C20H22O7. The Labute approximate surface area is 157 Å². The fourth-order valence-corrected chi connectivity index (χ4v) is 3.70. The summed E-state index contributed by atoms with van der Waals surface area (Å²) in [6.45, 7) is 1.80. The first-order valence-electron chi connectivity index (χ1n) is 8.60. The van der Waals surface area contributed by atoms with E-state index < -0.39 is 5.79 Å². The van der Waals surface area contributed by atoms with Gasteiger partial charge in [-0.2, -0.15) is 0 Å². The molecule has 4 rings (SSSR count). The number of fused-ring (bicyclic) bond motifs is 2. The molecule has 0 aliphatic carbocycles. The molecule has 2 aromatic rings. The van der Waals surface area contributed by atoms with Crippen LogP contribution in [-0.4, -0.2) is 39.0 Å². The second-order valence-electron chi connectivity index (χ2n) is 6.72. The van der Waals surface area contributed by atoms with Crippen molar-refractivity contribution in [2.75, 3.05) is 28.1 Å². The summed E-state index contributed by atoms with van der Waals surface area (Å²) in [5.74, 6) is 2.03. The topological polar surface area (TPSA) is 75.6 Å². The monoisotopic (exact) mass is 374 g/mol. The van der Waals surface area contributed by atoms with Crippen molar-refractivity contribution in [2.24, 2.45) is 0 Å². The van der Waals surface area contributed by atoms with Crippen molar-refractivity contribution >= 4 is 0 Å². The van der Waals surface area contributed by atoms with Crippen molar-refractivity contribution in [1.82, 2.24) is 0 Å². The molecule has 0 bridgehead atoms. The predicted octanol–water partition coefficient (Wildman–Crippen LogP) is 3.06. The minimum atomic E-state index is -1.36. The van der Waals surface area contributed by atoms with Gasteiger partial charge in [0.15, 0.2) is 11.5 Å². The molecule has 0 saturated heterocycles. The van der Waals surface area contributed by atoms with Gasteiger partial charge in [0.2, 0.25) is 12.6 Å². The highest BCUT2D eigenvalue weighted by molar-refractivity contribution is 5.61. The van der Waals surface area contributed by atoms with Crippen LogP contribution in [0.3, 0.4) is 0 Å². The first-order valence-corrected chi connectivity index (χ1v) is 8.60. The Morgan fingerprint density at radius 1 is 0.926 bits per heavy atom. The molecule has 2 unspecified atom stereocenters. The molecule has 2 heterocycles. The quantitative estimate of drug-likeness (QED) is 0.881. The van der Waals surface area contributed by atoms with E-state index in [1.54, 1.807) is 46.5 Å². The summed E-state index contributed by atoms with van der Waals surface area (Å²) in [4.78, 5) is 0. The molecule has 2 atom stereocenters. The summed E-state index contributed by atoms with van der Waals surface area (Å²) in [7, 11) is 4.77. The van der Waals surface area contributed by atoms with E-state index in [1.807, 2.05) is 6.07 Å². The van der Waals surface area contributed by atoms with Crippen molar-refractivity contribution in [2.45, 2.75) is 25.0 Å². The molecule has 0 saturated carbocycles. The van der Waals surface area contributed by atoms with Gasteiger partial charge in [0.25, 0.3) is 0 Å². The second kappa shape index (κ2) is 6.42. The first kappa shape index (κ1) is 17.6. The zero-order valence-electron chi connectivity index (χ0n) is 15.7. The van der Waals surface area contributed by atoms with E-state index >= 15 is 0 Å². The number of ether oxygens (including phenoxy) is 6. The van der Waals surface area contributed by atoms with E-state index in [0.29, 0.717) is 40.9 Å². The second-order valence-corrected chi connectivity index (χ2v) is 6.72. The minimum absolute atomic E-state index is 0.161. The molecule has 2 aliphatic heterocycles. The maximum Gasteiger partial charge on any atom is 0.231 e. The summed E-state index contributed by atoms with van der Waals surface area (Å²) < 4.78 is 33.4. The molecule has 2 aromatic carbocycles. The zero-order valence-corrected chi connectivity index (χ0v) is 15.7. The smallest absolute Gasteiger partial charge is 0.231 e. The summed E-state index contributed by atoms with van der Waals surface area (Å²) in [6.07, 6.45) is 0.318. The van der Waals surface area contributed by atoms with Gasteiger partial charge < -0.3 is 33.5 Å². The van der Waals surface area contributed by atoms with Gasteiger partial charge in [-0.1, -0.05) is 0 Å². The Kier molecular flexibility index (Phi) is 4.19. The van der Waals surface area contributed by atoms with Crippen LogP contribution < -0.4 is 28.4 Å². The standard InChI is InChI=1S/C20H22O7/c1-20(21)9-13(12-7-15-16(26-10-25-15)8-14(12)27-20)19-17(23-3)5-11(22-2)6-18(19)24-4/h5-8,13,21H,9-10H2,1-4H3. The predicted molar refractivity (Wildman–Crippen MR) is 96.4 cm³/mol. The summed E-state index contributed by atoms with van der Waals surface area (Å²) in [6, 6.07) is 7.24.